The number of anilines is 1. The summed E-state index contributed by atoms with van der Waals surface area (Å²) in [5, 5.41) is 25.9. The molecule has 37 heavy (non-hydrogen) atoms. The van der Waals surface area contributed by atoms with E-state index in [0.717, 1.165) is 16.7 Å². The Morgan fingerprint density at radius 1 is 0.919 bits per heavy atom. The van der Waals surface area contributed by atoms with Crippen LogP contribution in [0.5, 0.6) is 0 Å². The number of imide groups is 2. The zero-order chi connectivity index (χ0) is 25.9. The van der Waals surface area contributed by atoms with Crippen molar-refractivity contribution in [2.75, 3.05) is 4.90 Å². The van der Waals surface area contributed by atoms with E-state index in [1.807, 2.05) is 18.2 Å². The highest BCUT2D eigenvalue weighted by atomic mass is 32.2. The van der Waals surface area contributed by atoms with Gasteiger partial charge in [0.1, 0.15) is 5.57 Å². The van der Waals surface area contributed by atoms with Gasteiger partial charge >= 0.3 is 6.03 Å². The lowest BCUT2D eigenvalue weighted by molar-refractivity contribution is -0.387. The van der Waals surface area contributed by atoms with Gasteiger partial charge in [0.25, 0.3) is 17.5 Å². The number of nitrogens with zero attached hydrogens (tertiary/aromatic N) is 6. The van der Waals surface area contributed by atoms with E-state index in [2.05, 4.69) is 20.8 Å². The van der Waals surface area contributed by atoms with Gasteiger partial charge in [-0.3, -0.25) is 25.0 Å². The quantitative estimate of drug-likeness (QED) is 0.177. The Kier molecular flexibility index (Phi) is 6.26. The highest BCUT2D eigenvalue weighted by molar-refractivity contribution is 7.99. The monoisotopic (exact) mass is 513 g/mol. The van der Waals surface area contributed by atoms with Gasteiger partial charge in [0, 0.05) is 6.07 Å². The molecule has 1 N–H and O–H groups in total. The number of nitro groups is 1. The van der Waals surface area contributed by atoms with E-state index >= 15 is 0 Å². The summed E-state index contributed by atoms with van der Waals surface area (Å²) in [6.07, 6.45) is 1.20. The number of urea groups is 1. The molecular weight excluding hydrogens is 498 g/mol. The Bertz CT molecular complexity index is 1570. The summed E-state index contributed by atoms with van der Waals surface area (Å²) in [5.41, 5.74) is 0.558. The molecule has 0 unspecified atom stereocenters. The van der Waals surface area contributed by atoms with Gasteiger partial charge in [-0.2, -0.15) is 4.68 Å². The standard InChI is InChI=1S/C24H15N7O5S/c32-21-18(22(33)29(23(34)25-21)16-7-3-1-4-8-16)13-15-11-12-20(19(14-15)31(35)36)37-24-26-27-28-30(24)17-9-5-2-6-10-17/h1-14H,(H,25,32,34)/b18-13+. The Hall–Kier alpha value is -5.17. The SMILES string of the molecule is O=C1NC(=O)N(c2ccccc2)C(=O)/C1=C/c1ccc(Sc2nnnn2-c2ccccc2)c([N+](=O)[O-])c1. The first-order valence-electron chi connectivity index (χ1n) is 10.7. The highest BCUT2D eigenvalue weighted by Crippen LogP contribution is 2.35. The number of tetrazole rings is 1. The lowest BCUT2D eigenvalue weighted by Crippen LogP contribution is -2.54. The van der Waals surface area contributed by atoms with E-state index in [4.69, 9.17) is 0 Å². The Balaban J connectivity index is 1.48. The number of benzene rings is 3. The lowest BCUT2D eigenvalue weighted by Gasteiger charge is -2.26. The number of amides is 4. The van der Waals surface area contributed by atoms with Crippen LogP contribution in [-0.4, -0.2) is 43.0 Å². The molecule has 0 atom stereocenters. The number of para-hydroxylation sites is 2. The molecular formula is C24H15N7O5S. The largest absolute Gasteiger partial charge is 0.335 e. The normalized spacial score (nSPS) is 14.6. The number of rotatable bonds is 6. The summed E-state index contributed by atoms with van der Waals surface area (Å²) in [7, 11) is 0. The molecule has 1 saturated heterocycles. The summed E-state index contributed by atoms with van der Waals surface area (Å²) in [4.78, 5) is 50.2. The number of nitrogens with one attached hydrogen (secondary N) is 1. The first-order chi connectivity index (χ1) is 17.9. The maximum Gasteiger partial charge on any atom is 0.335 e. The third kappa shape index (κ3) is 4.70. The van der Waals surface area contributed by atoms with Crippen molar-refractivity contribution in [1.82, 2.24) is 25.5 Å². The van der Waals surface area contributed by atoms with Crippen LogP contribution in [0.2, 0.25) is 0 Å². The lowest BCUT2D eigenvalue weighted by atomic mass is 10.1. The van der Waals surface area contributed by atoms with E-state index in [9.17, 15) is 24.5 Å². The van der Waals surface area contributed by atoms with Crippen LogP contribution in [-0.2, 0) is 9.59 Å². The van der Waals surface area contributed by atoms with Crippen LogP contribution in [0.1, 0.15) is 5.56 Å². The van der Waals surface area contributed by atoms with E-state index in [1.165, 1.54) is 29.0 Å². The van der Waals surface area contributed by atoms with E-state index in [1.54, 1.807) is 42.5 Å². The second-order valence-corrected chi connectivity index (χ2v) is 8.60. The van der Waals surface area contributed by atoms with Crippen molar-refractivity contribution >= 4 is 47.1 Å². The van der Waals surface area contributed by atoms with Gasteiger partial charge in [0.05, 0.1) is 21.2 Å². The summed E-state index contributed by atoms with van der Waals surface area (Å²) in [6.45, 7) is 0. The first kappa shape index (κ1) is 23.6. The minimum Gasteiger partial charge on any atom is -0.273 e. The van der Waals surface area contributed by atoms with Crippen LogP contribution < -0.4 is 10.2 Å². The van der Waals surface area contributed by atoms with Crippen LogP contribution in [0, 0.1) is 10.1 Å². The van der Waals surface area contributed by atoms with Gasteiger partial charge in [-0.25, -0.2) is 9.69 Å². The van der Waals surface area contributed by atoms with Gasteiger partial charge in [-0.05, 0) is 64.2 Å². The molecule has 1 aliphatic rings. The summed E-state index contributed by atoms with van der Waals surface area (Å²) >= 11 is 0.990. The number of carbonyl (C=O) groups is 3. The fourth-order valence-corrected chi connectivity index (χ4v) is 4.44. The topological polar surface area (TPSA) is 153 Å². The van der Waals surface area contributed by atoms with Crippen molar-refractivity contribution < 1.29 is 19.3 Å². The zero-order valence-corrected chi connectivity index (χ0v) is 19.5. The smallest absolute Gasteiger partial charge is 0.273 e. The minimum atomic E-state index is -0.898. The van der Waals surface area contributed by atoms with Crippen LogP contribution in [0.15, 0.2) is 94.5 Å². The van der Waals surface area contributed by atoms with Gasteiger partial charge in [0.15, 0.2) is 0 Å². The average Bonchev–Trinajstić information content (AvgIpc) is 3.36. The third-order valence-electron chi connectivity index (χ3n) is 5.25. The number of nitro benzene ring substituents is 1. The molecule has 1 aliphatic heterocycles. The van der Waals surface area contributed by atoms with Crippen LogP contribution in [0.3, 0.4) is 0 Å². The maximum atomic E-state index is 13.0. The molecule has 1 fully saturated rings. The van der Waals surface area contributed by atoms with Gasteiger partial charge < -0.3 is 0 Å². The molecule has 13 heteroatoms. The number of hydrogen-bond acceptors (Lipinski definition) is 9. The predicted molar refractivity (Wildman–Crippen MR) is 132 cm³/mol. The van der Waals surface area contributed by atoms with Crippen molar-refractivity contribution in [3.05, 3.63) is 100 Å². The number of carbonyl (C=O) groups excluding carboxylic acids is 3. The van der Waals surface area contributed by atoms with Crippen molar-refractivity contribution in [2.24, 2.45) is 0 Å². The minimum absolute atomic E-state index is 0.222. The molecule has 0 spiro atoms. The van der Waals surface area contributed by atoms with E-state index in [0.29, 0.717) is 10.8 Å². The molecule has 4 amide bonds. The van der Waals surface area contributed by atoms with Crippen molar-refractivity contribution in [1.29, 1.82) is 0 Å². The molecule has 0 aliphatic carbocycles. The number of barbiturate groups is 1. The van der Waals surface area contributed by atoms with Gasteiger partial charge in [-0.1, -0.05) is 42.5 Å². The fourth-order valence-electron chi connectivity index (χ4n) is 3.56. The molecule has 4 aromatic rings. The molecule has 3 aromatic carbocycles. The van der Waals surface area contributed by atoms with Crippen molar-refractivity contribution in [3.8, 4) is 5.69 Å². The number of hydrogen-bond donors (Lipinski definition) is 1. The second kappa shape index (κ2) is 9.83. The maximum absolute atomic E-state index is 13.0. The highest BCUT2D eigenvalue weighted by Gasteiger charge is 2.36. The Morgan fingerprint density at radius 3 is 2.27 bits per heavy atom. The summed E-state index contributed by atoms with van der Waals surface area (Å²) < 4.78 is 1.45. The molecule has 0 saturated carbocycles. The average molecular weight is 513 g/mol. The first-order valence-corrected chi connectivity index (χ1v) is 11.5. The van der Waals surface area contributed by atoms with Gasteiger partial charge in [0.2, 0.25) is 5.16 Å². The molecule has 12 nitrogen and oxygen atoms in total. The third-order valence-corrected chi connectivity index (χ3v) is 6.25. The number of aromatic nitrogens is 4. The molecule has 0 bridgehead atoms. The molecule has 2 heterocycles. The van der Waals surface area contributed by atoms with E-state index in [-0.39, 0.29) is 27.4 Å². The summed E-state index contributed by atoms with van der Waals surface area (Å²) in [6, 6.07) is 20.5. The Labute approximate surface area is 212 Å². The van der Waals surface area contributed by atoms with Crippen LogP contribution >= 0.6 is 11.8 Å². The van der Waals surface area contributed by atoms with Crippen molar-refractivity contribution in [3.63, 3.8) is 0 Å². The van der Waals surface area contributed by atoms with Crippen LogP contribution in [0.4, 0.5) is 16.2 Å². The second-order valence-electron chi connectivity index (χ2n) is 7.59. The van der Waals surface area contributed by atoms with Gasteiger partial charge in [-0.15, -0.1) is 5.10 Å². The van der Waals surface area contributed by atoms with Crippen molar-refractivity contribution in [2.45, 2.75) is 10.1 Å². The predicted octanol–water partition coefficient (Wildman–Crippen LogP) is 3.39. The summed E-state index contributed by atoms with van der Waals surface area (Å²) in [5.74, 6) is -1.74. The molecule has 182 valence electrons. The zero-order valence-electron chi connectivity index (χ0n) is 18.7. The molecule has 1 aromatic heterocycles. The molecule has 5 rings (SSSR count). The fraction of sp³-hybridized carbons (Fsp3) is 0. The molecule has 0 radical (unpaired) electrons. The van der Waals surface area contributed by atoms with Crippen LogP contribution in [0.25, 0.3) is 11.8 Å². The van der Waals surface area contributed by atoms with E-state index < -0.39 is 22.8 Å². The Morgan fingerprint density at radius 2 is 1.59 bits per heavy atom.